The molecule has 0 amide bonds. The summed E-state index contributed by atoms with van der Waals surface area (Å²) in [5, 5.41) is 3.53. The molecule has 1 aromatic rings. The lowest BCUT2D eigenvalue weighted by Crippen LogP contribution is -2.35. The van der Waals surface area contributed by atoms with Crippen LogP contribution in [0.5, 0.6) is 0 Å². The van der Waals surface area contributed by atoms with Gasteiger partial charge in [0.1, 0.15) is 0 Å². The van der Waals surface area contributed by atoms with Gasteiger partial charge >= 0.3 is 5.97 Å². The van der Waals surface area contributed by atoms with Gasteiger partial charge in [0.05, 0.1) is 23.5 Å². The molecule has 1 aliphatic carbocycles. The molecular weight excluding hydrogens is 264 g/mol. The molecule has 0 bridgehead atoms. The minimum atomic E-state index is -0.358. The van der Waals surface area contributed by atoms with Crippen molar-refractivity contribution in [3.05, 3.63) is 23.8 Å². The molecule has 3 N–H and O–H groups in total. The maximum atomic E-state index is 11.9. The molecule has 4 nitrogen and oxygen atoms in total. The van der Waals surface area contributed by atoms with Crippen molar-refractivity contribution in [1.29, 1.82) is 0 Å². The highest BCUT2D eigenvalue weighted by Gasteiger charge is 2.27. The summed E-state index contributed by atoms with van der Waals surface area (Å²) in [6.45, 7) is 6.73. The molecule has 0 heterocycles. The second kappa shape index (κ2) is 6.83. The van der Waals surface area contributed by atoms with Crippen LogP contribution in [0, 0.1) is 11.8 Å². The van der Waals surface area contributed by atoms with Gasteiger partial charge < -0.3 is 15.8 Å². The maximum absolute atomic E-state index is 11.9. The minimum absolute atomic E-state index is 0.354. The van der Waals surface area contributed by atoms with Gasteiger partial charge in [-0.1, -0.05) is 32.8 Å². The first-order chi connectivity index (χ1) is 10.0. The van der Waals surface area contributed by atoms with Gasteiger partial charge in [0.15, 0.2) is 0 Å². The first-order valence-electron chi connectivity index (χ1n) is 7.86. The minimum Gasteiger partial charge on any atom is -0.462 e. The Morgan fingerprint density at radius 3 is 2.86 bits per heavy atom. The molecule has 0 aromatic heterocycles. The molecule has 116 valence electrons. The van der Waals surface area contributed by atoms with Gasteiger partial charge in [-0.2, -0.15) is 0 Å². The van der Waals surface area contributed by atoms with Crippen LogP contribution in [0.2, 0.25) is 0 Å². The van der Waals surface area contributed by atoms with Gasteiger partial charge in [0.2, 0.25) is 0 Å². The summed E-state index contributed by atoms with van der Waals surface area (Å²) in [6.07, 6.45) is 3.67. The third-order valence-electron chi connectivity index (χ3n) is 4.65. The number of carbonyl (C=O) groups is 1. The molecule has 1 aromatic carbocycles. The van der Waals surface area contributed by atoms with Crippen molar-refractivity contribution in [3.8, 4) is 0 Å². The lowest BCUT2D eigenvalue weighted by Gasteiger charge is -2.35. The average molecular weight is 290 g/mol. The molecule has 21 heavy (non-hydrogen) atoms. The summed E-state index contributed by atoms with van der Waals surface area (Å²) in [4.78, 5) is 11.9. The highest BCUT2D eigenvalue weighted by Crippen LogP contribution is 2.33. The molecule has 3 unspecified atom stereocenters. The monoisotopic (exact) mass is 290 g/mol. The zero-order valence-corrected chi connectivity index (χ0v) is 13.2. The predicted molar refractivity (Wildman–Crippen MR) is 86.4 cm³/mol. The van der Waals surface area contributed by atoms with Crippen molar-refractivity contribution in [1.82, 2.24) is 0 Å². The van der Waals surface area contributed by atoms with Gasteiger partial charge in [0.25, 0.3) is 0 Å². The van der Waals surface area contributed by atoms with Crippen LogP contribution in [0.4, 0.5) is 11.4 Å². The van der Waals surface area contributed by atoms with E-state index in [2.05, 4.69) is 19.2 Å². The molecule has 3 atom stereocenters. The Labute approximate surface area is 127 Å². The number of rotatable bonds is 4. The lowest BCUT2D eigenvalue weighted by molar-refractivity contribution is 0.0527. The van der Waals surface area contributed by atoms with E-state index >= 15 is 0 Å². The van der Waals surface area contributed by atoms with Crippen molar-refractivity contribution in [2.75, 3.05) is 17.7 Å². The number of hydrogen-bond donors (Lipinski definition) is 2. The van der Waals surface area contributed by atoms with Crippen LogP contribution in [-0.2, 0) is 4.74 Å². The van der Waals surface area contributed by atoms with Crippen molar-refractivity contribution in [3.63, 3.8) is 0 Å². The lowest BCUT2D eigenvalue weighted by atomic mass is 9.78. The van der Waals surface area contributed by atoms with E-state index < -0.39 is 0 Å². The van der Waals surface area contributed by atoms with Crippen LogP contribution >= 0.6 is 0 Å². The first kappa shape index (κ1) is 15.7. The topological polar surface area (TPSA) is 64.3 Å². The number of nitrogens with two attached hydrogens (primary N) is 1. The number of carbonyl (C=O) groups excluding carboxylic acids is 1. The summed E-state index contributed by atoms with van der Waals surface area (Å²) in [7, 11) is 0. The van der Waals surface area contributed by atoms with E-state index in [4.69, 9.17) is 10.5 Å². The summed E-state index contributed by atoms with van der Waals surface area (Å²) in [6, 6.07) is 5.91. The number of anilines is 2. The van der Waals surface area contributed by atoms with Gasteiger partial charge in [-0.15, -0.1) is 0 Å². The van der Waals surface area contributed by atoms with Crippen LogP contribution in [0.1, 0.15) is 50.4 Å². The first-order valence-corrected chi connectivity index (χ1v) is 7.86. The zero-order valence-electron chi connectivity index (χ0n) is 13.2. The number of ether oxygens (including phenoxy) is 1. The Balaban J connectivity index is 2.17. The summed E-state index contributed by atoms with van der Waals surface area (Å²) < 4.78 is 5.05. The van der Waals surface area contributed by atoms with Crippen LogP contribution < -0.4 is 11.1 Å². The third-order valence-corrected chi connectivity index (χ3v) is 4.65. The number of esters is 1. The van der Waals surface area contributed by atoms with Crippen LogP contribution in [0.3, 0.4) is 0 Å². The number of nitrogens with one attached hydrogen (secondary N) is 1. The Morgan fingerprint density at radius 1 is 1.38 bits per heavy atom. The number of nitrogen functional groups attached to an aromatic ring is 1. The summed E-state index contributed by atoms with van der Waals surface area (Å²) in [5.74, 6) is 0.957. The molecule has 1 aliphatic rings. The highest BCUT2D eigenvalue weighted by molar-refractivity contribution is 5.98. The molecule has 4 heteroatoms. The molecule has 2 rings (SSSR count). The molecule has 0 saturated heterocycles. The predicted octanol–water partition coefficient (Wildman–Crippen LogP) is 3.68. The van der Waals surface area contributed by atoms with E-state index in [9.17, 15) is 4.79 Å². The van der Waals surface area contributed by atoms with E-state index in [1.54, 1.807) is 13.0 Å². The Kier molecular flexibility index (Phi) is 5.10. The van der Waals surface area contributed by atoms with Gasteiger partial charge in [-0.05, 0) is 37.3 Å². The quantitative estimate of drug-likeness (QED) is 0.656. The van der Waals surface area contributed by atoms with Crippen molar-refractivity contribution in [2.45, 2.75) is 46.1 Å². The fourth-order valence-corrected chi connectivity index (χ4v) is 3.06. The molecule has 0 radical (unpaired) electrons. The molecule has 0 aliphatic heterocycles. The normalized spacial score (nSPS) is 25.4. The van der Waals surface area contributed by atoms with Crippen LogP contribution in [0.15, 0.2) is 18.2 Å². The van der Waals surface area contributed by atoms with E-state index in [1.807, 2.05) is 12.1 Å². The Bertz CT molecular complexity index is 502. The second-order valence-electron chi connectivity index (χ2n) is 6.01. The number of benzene rings is 1. The van der Waals surface area contributed by atoms with Crippen molar-refractivity contribution in [2.24, 2.45) is 11.8 Å². The fraction of sp³-hybridized carbons (Fsp3) is 0.588. The van der Waals surface area contributed by atoms with E-state index in [0.717, 1.165) is 12.1 Å². The summed E-state index contributed by atoms with van der Waals surface area (Å²) in [5.41, 5.74) is 7.92. The van der Waals surface area contributed by atoms with Crippen LogP contribution in [0.25, 0.3) is 0 Å². The van der Waals surface area contributed by atoms with Crippen molar-refractivity contribution >= 4 is 17.3 Å². The van der Waals surface area contributed by atoms with Gasteiger partial charge in [-0.3, -0.25) is 0 Å². The molecular formula is C17H26N2O2. The highest BCUT2D eigenvalue weighted by atomic mass is 16.5. The molecule has 1 fully saturated rings. The van der Waals surface area contributed by atoms with Crippen LogP contribution in [-0.4, -0.2) is 18.6 Å². The molecule has 1 saturated carbocycles. The number of hydrogen-bond acceptors (Lipinski definition) is 4. The van der Waals surface area contributed by atoms with Gasteiger partial charge in [-0.25, -0.2) is 4.79 Å². The number of para-hydroxylation sites is 1. The van der Waals surface area contributed by atoms with Crippen molar-refractivity contribution < 1.29 is 9.53 Å². The molecule has 0 spiro atoms. The SMILES string of the molecule is CCOC(=O)c1cccc(NC2CCCC(C)C2C)c1N. The standard InChI is InChI=1S/C17H26N2O2/c1-4-21-17(20)13-8-6-10-15(16(13)18)19-14-9-5-7-11(2)12(14)3/h6,8,10-12,14,19H,4-5,7,9,18H2,1-3H3. The van der Waals surface area contributed by atoms with Gasteiger partial charge in [0, 0.05) is 6.04 Å². The Hall–Kier alpha value is -1.71. The summed E-state index contributed by atoms with van der Waals surface area (Å²) >= 11 is 0. The van der Waals surface area contributed by atoms with E-state index in [0.29, 0.717) is 35.7 Å². The largest absolute Gasteiger partial charge is 0.462 e. The van der Waals surface area contributed by atoms with E-state index in [1.165, 1.54) is 12.8 Å². The maximum Gasteiger partial charge on any atom is 0.340 e. The average Bonchev–Trinajstić information content (AvgIpc) is 2.46. The second-order valence-corrected chi connectivity index (χ2v) is 6.01. The fourth-order valence-electron chi connectivity index (χ4n) is 3.06. The van der Waals surface area contributed by atoms with E-state index in [-0.39, 0.29) is 5.97 Å². The third kappa shape index (κ3) is 3.49. The Morgan fingerprint density at radius 2 is 2.14 bits per heavy atom. The smallest absolute Gasteiger partial charge is 0.340 e. The zero-order chi connectivity index (χ0) is 15.4.